The second-order valence-corrected chi connectivity index (χ2v) is 4.87. The maximum atomic E-state index is 10.6. The number of ether oxygens (including phenoxy) is 1. The summed E-state index contributed by atoms with van der Waals surface area (Å²) >= 11 is 0. The van der Waals surface area contributed by atoms with Crippen molar-refractivity contribution in [1.82, 2.24) is 9.97 Å². The average Bonchev–Trinajstić information content (AvgIpc) is 2.33. The van der Waals surface area contributed by atoms with E-state index in [1.165, 1.54) is 0 Å². The van der Waals surface area contributed by atoms with Gasteiger partial charge < -0.3 is 14.7 Å². The molecule has 1 N–H and O–H groups in total. The van der Waals surface area contributed by atoms with Crippen LogP contribution < -0.4 is 9.64 Å². The molecule has 0 bridgehead atoms. The van der Waals surface area contributed by atoms with Crippen molar-refractivity contribution in [2.75, 3.05) is 18.1 Å². The van der Waals surface area contributed by atoms with Gasteiger partial charge in [-0.25, -0.2) is 4.98 Å². The van der Waals surface area contributed by atoms with E-state index < -0.39 is 5.97 Å². The summed E-state index contributed by atoms with van der Waals surface area (Å²) in [7, 11) is 0. The molecule has 0 atom stereocenters. The molecular formula is C14H23N3O3. The van der Waals surface area contributed by atoms with Crippen molar-refractivity contribution in [1.29, 1.82) is 0 Å². The number of anilines is 1. The molecule has 6 nitrogen and oxygen atoms in total. The molecule has 0 saturated heterocycles. The first-order valence-corrected chi connectivity index (χ1v) is 6.91. The molecule has 6 heteroatoms. The van der Waals surface area contributed by atoms with Crippen LogP contribution in [0, 0.1) is 6.92 Å². The first-order valence-electron chi connectivity index (χ1n) is 6.91. The molecule has 0 fully saturated rings. The van der Waals surface area contributed by atoms with Crippen molar-refractivity contribution in [2.45, 2.75) is 46.6 Å². The Hall–Kier alpha value is -1.85. The van der Waals surface area contributed by atoms with Crippen LogP contribution in [0.25, 0.3) is 0 Å². The topological polar surface area (TPSA) is 75.5 Å². The number of aliphatic carboxylic acids is 1. The van der Waals surface area contributed by atoms with Gasteiger partial charge >= 0.3 is 5.97 Å². The zero-order valence-corrected chi connectivity index (χ0v) is 12.6. The molecule has 1 rings (SSSR count). The number of carboxylic acids is 1. The first-order chi connectivity index (χ1) is 9.43. The van der Waals surface area contributed by atoms with Gasteiger partial charge in [-0.3, -0.25) is 4.79 Å². The highest BCUT2D eigenvalue weighted by Gasteiger charge is 2.15. The predicted octanol–water partition coefficient (Wildman–Crippen LogP) is 2.26. The van der Waals surface area contributed by atoms with Crippen LogP contribution in [0.1, 0.15) is 39.3 Å². The standard InChI is InChI=1S/C14H23N3O3/c1-5-20-12-9-11(4)15-14(16-12)17(10(2)3)8-6-7-13(18)19/h9-10H,5-8H2,1-4H3,(H,18,19). The minimum atomic E-state index is -0.783. The molecule has 1 aromatic heterocycles. The fourth-order valence-electron chi connectivity index (χ4n) is 1.86. The highest BCUT2D eigenvalue weighted by Crippen LogP contribution is 2.18. The molecule has 0 aliphatic rings. The fraction of sp³-hybridized carbons (Fsp3) is 0.643. The third-order valence-corrected chi connectivity index (χ3v) is 2.78. The van der Waals surface area contributed by atoms with E-state index in [4.69, 9.17) is 9.84 Å². The van der Waals surface area contributed by atoms with E-state index in [1.54, 1.807) is 6.07 Å². The summed E-state index contributed by atoms with van der Waals surface area (Å²) in [6, 6.07) is 1.99. The van der Waals surface area contributed by atoms with Gasteiger partial charge in [0, 0.05) is 30.8 Å². The van der Waals surface area contributed by atoms with Crippen molar-refractivity contribution < 1.29 is 14.6 Å². The Morgan fingerprint density at radius 1 is 1.45 bits per heavy atom. The summed E-state index contributed by atoms with van der Waals surface area (Å²) in [6.45, 7) is 9.03. The molecule has 0 radical (unpaired) electrons. The number of nitrogens with zero attached hydrogens (tertiary/aromatic N) is 3. The Labute approximate surface area is 119 Å². The molecule has 0 saturated carbocycles. The lowest BCUT2D eigenvalue weighted by molar-refractivity contribution is -0.137. The summed E-state index contributed by atoms with van der Waals surface area (Å²) in [5, 5.41) is 8.72. The summed E-state index contributed by atoms with van der Waals surface area (Å²) in [5.74, 6) is 0.363. The molecule has 112 valence electrons. The molecular weight excluding hydrogens is 258 g/mol. The second kappa shape index (κ2) is 7.67. The van der Waals surface area contributed by atoms with E-state index in [0.29, 0.717) is 31.4 Å². The van der Waals surface area contributed by atoms with E-state index in [0.717, 1.165) is 5.69 Å². The number of aromatic nitrogens is 2. The van der Waals surface area contributed by atoms with Crippen molar-refractivity contribution in [3.63, 3.8) is 0 Å². The Morgan fingerprint density at radius 3 is 2.70 bits per heavy atom. The number of rotatable bonds is 8. The van der Waals surface area contributed by atoms with Crippen molar-refractivity contribution in [3.05, 3.63) is 11.8 Å². The van der Waals surface area contributed by atoms with Gasteiger partial charge in [0.2, 0.25) is 11.8 Å². The number of hydrogen-bond acceptors (Lipinski definition) is 5. The lowest BCUT2D eigenvalue weighted by Gasteiger charge is -2.27. The van der Waals surface area contributed by atoms with Crippen LogP contribution in [0.3, 0.4) is 0 Å². The lowest BCUT2D eigenvalue weighted by atomic mass is 10.2. The summed E-state index contributed by atoms with van der Waals surface area (Å²) in [4.78, 5) is 21.4. The van der Waals surface area contributed by atoms with E-state index in [2.05, 4.69) is 9.97 Å². The van der Waals surface area contributed by atoms with Gasteiger partial charge in [0.05, 0.1) is 6.61 Å². The molecule has 1 aromatic rings. The Morgan fingerprint density at radius 2 is 2.15 bits per heavy atom. The monoisotopic (exact) mass is 281 g/mol. The summed E-state index contributed by atoms with van der Waals surface area (Å²) < 4.78 is 5.43. The van der Waals surface area contributed by atoms with Gasteiger partial charge in [-0.05, 0) is 34.1 Å². The smallest absolute Gasteiger partial charge is 0.303 e. The van der Waals surface area contributed by atoms with Crippen molar-refractivity contribution >= 4 is 11.9 Å². The van der Waals surface area contributed by atoms with Crippen LogP contribution in [-0.2, 0) is 4.79 Å². The van der Waals surface area contributed by atoms with Crippen LogP contribution >= 0.6 is 0 Å². The normalized spacial score (nSPS) is 10.7. The van der Waals surface area contributed by atoms with Gasteiger partial charge in [-0.15, -0.1) is 0 Å². The van der Waals surface area contributed by atoms with Gasteiger partial charge in [-0.2, -0.15) is 4.98 Å². The van der Waals surface area contributed by atoms with Crippen LogP contribution in [0.4, 0.5) is 5.95 Å². The van der Waals surface area contributed by atoms with Gasteiger partial charge in [0.25, 0.3) is 0 Å². The van der Waals surface area contributed by atoms with E-state index in [9.17, 15) is 4.79 Å². The average molecular weight is 281 g/mol. The molecule has 0 unspecified atom stereocenters. The number of carbonyl (C=O) groups is 1. The quantitative estimate of drug-likeness (QED) is 0.787. The van der Waals surface area contributed by atoms with Crippen LogP contribution in [0.15, 0.2) is 6.07 Å². The molecule has 0 amide bonds. The van der Waals surface area contributed by atoms with Crippen LogP contribution in [0.5, 0.6) is 5.88 Å². The van der Waals surface area contributed by atoms with Crippen molar-refractivity contribution in [3.8, 4) is 5.88 Å². The predicted molar refractivity (Wildman–Crippen MR) is 77.3 cm³/mol. The SMILES string of the molecule is CCOc1cc(C)nc(N(CCCC(=O)O)C(C)C)n1. The number of hydrogen-bond donors (Lipinski definition) is 1. The molecule has 1 heterocycles. The highest BCUT2D eigenvalue weighted by atomic mass is 16.5. The zero-order valence-electron chi connectivity index (χ0n) is 12.6. The third kappa shape index (κ3) is 5.03. The van der Waals surface area contributed by atoms with E-state index >= 15 is 0 Å². The van der Waals surface area contributed by atoms with E-state index in [-0.39, 0.29) is 12.5 Å². The lowest BCUT2D eigenvalue weighted by Crippen LogP contribution is -2.33. The first kappa shape index (κ1) is 16.2. The fourth-order valence-corrected chi connectivity index (χ4v) is 1.86. The largest absolute Gasteiger partial charge is 0.481 e. The number of aryl methyl sites for hydroxylation is 1. The van der Waals surface area contributed by atoms with Crippen LogP contribution in [0.2, 0.25) is 0 Å². The Kier molecular flexibility index (Phi) is 6.21. The van der Waals surface area contributed by atoms with Crippen LogP contribution in [-0.4, -0.2) is 40.2 Å². The summed E-state index contributed by atoms with van der Waals surface area (Å²) in [6.07, 6.45) is 0.710. The third-order valence-electron chi connectivity index (χ3n) is 2.78. The molecule has 0 spiro atoms. The summed E-state index contributed by atoms with van der Waals surface area (Å²) in [5.41, 5.74) is 0.835. The van der Waals surface area contributed by atoms with Gasteiger partial charge in [0.1, 0.15) is 0 Å². The Bertz CT molecular complexity index is 449. The van der Waals surface area contributed by atoms with Gasteiger partial charge in [0.15, 0.2) is 0 Å². The molecule has 0 aromatic carbocycles. The minimum Gasteiger partial charge on any atom is -0.481 e. The number of carboxylic acid groups (broad SMARTS) is 1. The zero-order chi connectivity index (χ0) is 15.1. The maximum absolute atomic E-state index is 10.6. The molecule has 20 heavy (non-hydrogen) atoms. The molecule has 0 aliphatic heterocycles. The second-order valence-electron chi connectivity index (χ2n) is 4.87. The minimum absolute atomic E-state index is 0.146. The van der Waals surface area contributed by atoms with Gasteiger partial charge in [-0.1, -0.05) is 0 Å². The maximum Gasteiger partial charge on any atom is 0.303 e. The van der Waals surface area contributed by atoms with Crippen molar-refractivity contribution in [2.24, 2.45) is 0 Å². The highest BCUT2D eigenvalue weighted by molar-refractivity contribution is 5.66. The Balaban J connectivity index is 2.87. The molecule has 0 aliphatic carbocycles. The van der Waals surface area contributed by atoms with E-state index in [1.807, 2.05) is 32.6 Å².